The SMILES string of the molecule is C[C@@H]1CCC[C@H](C)N1Cc1ccc(/C(N)=N/O)cc1. The summed E-state index contributed by atoms with van der Waals surface area (Å²) in [4.78, 5) is 2.56. The zero-order valence-electron chi connectivity index (χ0n) is 11.7. The molecular weight excluding hydrogens is 238 g/mol. The summed E-state index contributed by atoms with van der Waals surface area (Å²) < 4.78 is 0. The van der Waals surface area contributed by atoms with Crippen LogP contribution in [0, 0.1) is 0 Å². The lowest BCUT2D eigenvalue weighted by Gasteiger charge is -2.39. The zero-order valence-corrected chi connectivity index (χ0v) is 11.7. The number of oxime groups is 1. The van der Waals surface area contributed by atoms with E-state index in [-0.39, 0.29) is 5.84 Å². The van der Waals surface area contributed by atoms with Gasteiger partial charge in [-0.1, -0.05) is 35.8 Å². The van der Waals surface area contributed by atoms with Crippen LogP contribution in [0.5, 0.6) is 0 Å². The molecule has 0 saturated carbocycles. The number of hydrogen-bond acceptors (Lipinski definition) is 3. The van der Waals surface area contributed by atoms with E-state index < -0.39 is 0 Å². The van der Waals surface area contributed by atoms with Gasteiger partial charge in [0, 0.05) is 24.2 Å². The molecule has 1 aliphatic rings. The zero-order chi connectivity index (χ0) is 13.8. The standard InChI is InChI=1S/C15H23N3O/c1-11-4-3-5-12(2)18(11)10-13-6-8-14(9-7-13)15(16)17-19/h6-9,11-12,19H,3-5,10H2,1-2H3,(H2,16,17)/t11-,12+. The Labute approximate surface area is 114 Å². The van der Waals surface area contributed by atoms with Gasteiger partial charge in [-0.2, -0.15) is 0 Å². The Hall–Kier alpha value is -1.55. The van der Waals surface area contributed by atoms with Gasteiger partial charge in [0.25, 0.3) is 0 Å². The molecule has 2 atom stereocenters. The minimum absolute atomic E-state index is 0.159. The first-order valence-corrected chi connectivity index (χ1v) is 6.94. The Kier molecular flexibility index (Phi) is 4.43. The third kappa shape index (κ3) is 3.26. The van der Waals surface area contributed by atoms with Gasteiger partial charge in [0.2, 0.25) is 0 Å². The van der Waals surface area contributed by atoms with Gasteiger partial charge in [0.1, 0.15) is 0 Å². The molecule has 0 aromatic heterocycles. The Morgan fingerprint density at radius 3 is 2.37 bits per heavy atom. The molecule has 0 unspecified atom stereocenters. The summed E-state index contributed by atoms with van der Waals surface area (Å²) in [5.41, 5.74) is 7.59. The predicted molar refractivity (Wildman–Crippen MR) is 77.3 cm³/mol. The number of piperidine rings is 1. The van der Waals surface area contributed by atoms with E-state index in [9.17, 15) is 0 Å². The van der Waals surface area contributed by atoms with E-state index in [0.717, 1.165) is 12.1 Å². The van der Waals surface area contributed by atoms with Crippen LogP contribution in [0.25, 0.3) is 0 Å². The van der Waals surface area contributed by atoms with Gasteiger partial charge in [-0.15, -0.1) is 0 Å². The van der Waals surface area contributed by atoms with Gasteiger partial charge in [-0.05, 0) is 32.3 Å². The third-order valence-corrected chi connectivity index (χ3v) is 4.10. The maximum absolute atomic E-state index is 8.64. The van der Waals surface area contributed by atoms with Gasteiger partial charge >= 0.3 is 0 Å². The molecule has 3 N–H and O–H groups in total. The van der Waals surface area contributed by atoms with Crippen LogP contribution in [0.4, 0.5) is 0 Å². The lowest BCUT2D eigenvalue weighted by Crippen LogP contribution is -2.42. The van der Waals surface area contributed by atoms with Crippen molar-refractivity contribution in [2.75, 3.05) is 0 Å². The molecule has 4 nitrogen and oxygen atoms in total. The van der Waals surface area contributed by atoms with Crippen LogP contribution >= 0.6 is 0 Å². The summed E-state index contributed by atoms with van der Waals surface area (Å²) >= 11 is 0. The minimum atomic E-state index is 0.159. The molecule has 1 aromatic carbocycles. The van der Waals surface area contributed by atoms with E-state index in [2.05, 4.69) is 36.0 Å². The Morgan fingerprint density at radius 1 is 1.26 bits per heavy atom. The average molecular weight is 261 g/mol. The maximum atomic E-state index is 8.64. The number of likely N-dealkylation sites (tertiary alicyclic amines) is 1. The molecule has 0 radical (unpaired) electrons. The predicted octanol–water partition coefficient (Wildman–Crippen LogP) is 2.54. The topological polar surface area (TPSA) is 61.8 Å². The van der Waals surface area contributed by atoms with Crippen molar-refractivity contribution < 1.29 is 5.21 Å². The molecule has 19 heavy (non-hydrogen) atoms. The fourth-order valence-corrected chi connectivity index (χ4v) is 2.84. The summed E-state index contributed by atoms with van der Waals surface area (Å²) in [6.07, 6.45) is 3.90. The monoisotopic (exact) mass is 261 g/mol. The Balaban J connectivity index is 2.06. The number of benzene rings is 1. The van der Waals surface area contributed by atoms with Crippen molar-refractivity contribution in [2.24, 2.45) is 10.9 Å². The van der Waals surface area contributed by atoms with E-state index >= 15 is 0 Å². The lowest BCUT2D eigenvalue weighted by molar-refractivity contribution is 0.0953. The molecular formula is C15H23N3O. The van der Waals surface area contributed by atoms with Gasteiger partial charge < -0.3 is 10.9 Å². The number of amidine groups is 1. The normalized spacial score (nSPS) is 25.5. The quantitative estimate of drug-likeness (QED) is 0.380. The summed E-state index contributed by atoms with van der Waals surface area (Å²) in [5, 5.41) is 11.7. The number of hydrogen-bond donors (Lipinski definition) is 2. The highest BCUT2D eigenvalue weighted by Crippen LogP contribution is 2.24. The van der Waals surface area contributed by atoms with Crippen molar-refractivity contribution in [1.82, 2.24) is 4.90 Å². The van der Waals surface area contributed by atoms with Crippen molar-refractivity contribution in [3.63, 3.8) is 0 Å². The third-order valence-electron chi connectivity index (χ3n) is 4.10. The van der Waals surface area contributed by atoms with Crippen LogP contribution in [0.15, 0.2) is 29.4 Å². The van der Waals surface area contributed by atoms with Crippen LogP contribution in [0.1, 0.15) is 44.2 Å². The molecule has 0 bridgehead atoms. The number of nitrogens with zero attached hydrogens (tertiary/aromatic N) is 2. The molecule has 0 amide bonds. The van der Waals surface area contributed by atoms with Crippen LogP contribution in [-0.2, 0) is 6.54 Å². The van der Waals surface area contributed by atoms with E-state index in [1.807, 2.05) is 12.1 Å². The summed E-state index contributed by atoms with van der Waals surface area (Å²) in [7, 11) is 0. The smallest absolute Gasteiger partial charge is 0.170 e. The molecule has 0 spiro atoms. The second kappa shape index (κ2) is 6.06. The highest BCUT2D eigenvalue weighted by atomic mass is 16.4. The molecule has 4 heteroatoms. The van der Waals surface area contributed by atoms with Crippen molar-refractivity contribution in [3.8, 4) is 0 Å². The number of nitrogens with two attached hydrogens (primary N) is 1. The highest BCUT2D eigenvalue weighted by Gasteiger charge is 2.24. The lowest BCUT2D eigenvalue weighted by atomic mass is 9.96. The highest BCUT2D eigenvalue weighted by molar-refractivity contribution is 5.96. The van der Waals surface area contributed by atoms with Gasteiger partial charge in [-0.3, -0.25) is 4.90 Å². The van der Waals surface area contributed by atoms with Crippen molar-refractivity contribution in [2.45, 2.75) is 51.7 Å². The van der Waals surface area contributed by atoms with E-state index in [0.29, 0.717) is 12.1 Å². The molecule has 1 fully saturated rings. The van der Waals surface area contributed by atoms with Crippen molar-refractivity contribution >= 4 is 5.84 Å². The van der Waals surface area contributed by atoms with E-state index in [1.165, 1.54) is 24.8 Å². The largest absolute Gasteiger partial charge is 0.409 e. The molecule has 1 heterocycles. The van der Waals surface area contributed by atoms with Crippen LogP contribution in [0.2, 0.25) is 0 Å². The van der Waals surface area contributed by atoms with E-state index in [1.54, 1.807) is 0 Å². The first kappa shape index (κ1) is 13.9. The molecule has 104 valence electrons. The molecule has 1 aromatic rings. The summed E-state index contributed by atoms with van der Waals surface area (Å²) in [5.74, 6) is 0.159. The second-order valence-electron chi connectivity index (χ2n) is 5.48. The fraction of sp³-hybridized carbons (Fsp3) is 0.533. The van der Waals surface area contributed by atoms with Gasteiger partial charge in [-0.25, -0.2) is 0 Å². The molecule has 1 aliphatic heterocycles. The average Bonchev–Trinajstić information content (AvgIpc) is 2.43. The Morgan fingerprint density at radius 2 is 1.84 bits per heavy atom. The summed E-state index contributed by atoms with van der Waals surface area (Å²) in [6.45, 7) is 5.58. The van der Waals surface area contributed by atoms with Crippen LogP contribution in [-0.4, -0.2) is 28.0 Å². The second-order valence-corrected chi connectivity index (χ2v) is 5.48. The van der Waals surface area contributed by atoms with E-state index in [4.69, 9.17) is 10.9 Å². The molecule has 0 aliphatic carbocycles. The number of rotatable bonds is 3. The fourth-order valence-electron chi connectivity index (χ4n) is 2.84. The van der Waals surface area contributed by atoms with Crippen molar-refractivity contribution in [1.29, 1.82) is 0 Å². The first-order valence-electron chi connectivity index (χ1n) is 6.94. The van der Waals surface area contributed by atoms with Gasteiger partial charge in [0.15, 0.2) is 5.84 Å². The first-order chi connectivity index (χ1) is 9.11. The maximum Gasteiger partial charge on any atom is 0.170 e. The van der Waals surface area contributed by atoms with Crippen molar-refractivity contribution in [3.05, 3.63) is 35.4 Å². The van der Waals surface area contributed by atoms with Gasteiger partial charge in [0.05, 0.1) is 0 Å². The Bertz CT molecular complexity index is 431. The summed E-state index contributed by atoms with van der Waals surface area (Å²) in [6, 6.07) is 9.22. The molecule has 1 saturated heterocycles. The molecule has 2 rings (SSSR count). The van der Waals surface area contributed by atoms with Crippen LogP contribution in [0.3, 0.4) is 0 Å². The van der Waals surface area contributed by atoms with Crippen LogP contribution < -0.4 is 5.73 Å². The minimum Gasteiger partial charge on any atom is -0.409 e.